The molecule has 3 heterocycles. The van der Waals surface area contributed by atoms with Gasteiger partial charge in [-0.25, -0.2) is 0 Å². The lowest BCUT2D eigenvalue weighted by Crippen LogP contribution is -2.33. The molecule has 7 heteroatoms. The van der Waals surface area contributed by atoms with Crippen molar-refractivity contribution in [3.63, 3.8) is 0 Å². The van der Waals surface area contributed by atoms with Crippen LogP contribution in [0.3, 0.4) is 0 Å². The minimum Gasteiger partial charge on any atom is -0.340 e. The lowest BCUT2D eigenvalue weighted by Gasteiger charge is -2.26. The Labute approximate surface area is 153 Å². The summed E-state index contributed by atoms with van der Waals surface area (Å²) in [7, 11) is 2.16. The van der Waals surface area contributed by atoms with Gasteiger partial charge in [-0.1, -0.05) is 23.4 Å². The number of aromatic nitrogens is 4. The quantitative estimate of drug-likeness (QED) is 0.759. The molecule has 7 nitrogen and oxygen atoms in total. The van der Waals surface area contributed by atoms with Crippen molar-refractivity contribution in [2.45, 2.75) is 45.3 Å². The predicted molar refractivity (Wildman–Crippen MR) is 99.5 cm³/mol. The van der Waals surface area contributed by atoms with Gasteiger partial charge in [-0.15, -0.1) is 0 Å². The van der Waals surface area contributed by atoms with E-state index in [4.69, 9.17) is 4.52 Å². The number of hydrogen-bond acceptors (Lipinski definition) is 6. The van der Waals surface area contributed by atoms with Gasteiger partial charge in [0.1, 0.15) is 0 Å². The lowest BCUT2D eigenvalue weighted by molar-refractivity contribution is 0.200. The maximum absolute atomic E-state index is 5.09. The second-order valence-corrected chi connectivity index (χ2v) is 7.26. The molecule has 1 N–H and O–H groups in total. The van der Waals surface area contributed by atoms with Crippen LogP contribution in [-0.4, -0.2) is 56.3 Å². The topological polar surface area (TPSA) is 74.1 Å². The molecular weight excluding hydrogens is 328 g/mol. The zero-order valence-electron chi connectivity index (χ0n) is 15.5. The highest BCUT2D eigenvalue weighted by molar-refractivity contribution is 5.81. The number of aromatic amines is 1. The summed E-state index contributed by atoms with van der Waals surface area (Å²) in [6.07, 6.45) is 5.47. The van der Waals surface area contributed by atoms with Crippen molar-refractivity contribution in [1.82, 2.24) is 30.1 Å². The highest BCUT2D eigenvalue weighted by Crippen LogP contribution is 2.21. The number of aryl methyl sites for hydroxylation is 1. The van der Waals surface area contributed by atoms with Crippen molar-refractivity contribution in [3.8, 4) is 0 Å². The third-order valence-corrected chi connectivity index (χ3v) is 5.33. The van der Waals surface area contributed by atoms with Gasteiger partial charge in [-0.05, 0) is 45.0 Å². The Morgan fingerprint density at radius 2 is 2.23 bits per heavy atom. The first-order chi connectivity index (χ1) is 12.7. The van der Waals surface area contributed by atoms with Gasteiger partial charge in [0.15, 0.2) is 5.82 Å². The molecule has 1 aromatic carbocycles. The second kappa shape index (κ2) is 7.55. The van der Waals surface area contributed by atoms with Crippen molar-refractivity contribution < 1.29 is 4.52 Å². The summed E-state index contributed by atoms with van der Waals surface area (Å²) in [6.45, 7) is 5.79. The van der Waals surface area contributed by atoms with Crippen LogP contribution in [-0.2, 0) is 13.1 Å². The average molecular weight is 354 g/mol. The van der Waals surface area contributed by atoms with E-state index in [2.05, 4.69) is 55.4 Å². The van der Waals surface area contributed by atoms with Crippen molar-refractivity contribution in [3.05, 3.63) is 41.7 Å². The minimum absolute atomic E-state index is 0.557. The molecule has 1 saturated heterocycles. The summed E-state index contributed by atoms with van der Waals surface area (Å²) in [5, 5.41) is 12.5. The van der Waals surface area contributed by atoms with Crippen LogP contribution in [0.1, 0.15) is 36.5 Å². The van der Waals surface area contributed by atoms with Gasteiger partial charge in [-0.3, -0.25) is 14.9 Å². The summed E-state index contributed by atoms with van der Waals surface area (Å²) >= 11 is 0. The van der Waals surface area contributed by atoms with Crippen molar-refractivity contribution in [1.29, 1.82) is 0 Å². The van der Waals surface area contributed by atoms with Gasteiger partial charge in [-0.2, -0.15) is 10.1 Å². The number of H-pyrrole nitrogens is 1. The zero-order chi connectivity index (χ0) is 17.9. The maximum Gasteiger partial charge on any atom is 0.223 e. The summed E-state index contributed by atoms with van der Waals surface area (Å²) in [5.41, 5.74) is 2.49. The van der Waals surface area contributed by atoms with Gasteiger partial charge < -0.3 is 4.52 Å². The Morgan fingerprint density at radius 1 is 1.31 bits per heavy atom. The fraction of sp³-hybridized carbons (Fsp3) is 0.526. The highest BCUT2D eigenvalue weighted by atomic mass is 16.5. The van der Waals surface area contributed by atoms with Crippen LogP contribution in [0.15, 0.2) is 28.9 Å². The fourth-order valence-corrected chi connectivity index (χ4v) is 3.90. The van der Waals surface area contributed by atoms with E-state index in [1.807, 2.05) is 13.1 Å². The molecule has 1 aliphatic rings. The predicted octanol–water partition coefficient (Wildman–Crippen LogP) is 2.74. The average Bonchev–Trinajstić information content (AvgIpc) is 3.20. The molecule has 4 rings (SSSR count). The molecule has 0 saturated carbocycles. The molecule has 2 aromatic heterocycles. The van der Waals surface area contributed by atoms with Crippen LogP contribution in [0.4, 0.5) is 0 Å². The van der Waals surface area contributed by atoms with E-state index in [0.717, 1.165) is 43.9 Å². The van der Waals surface area contributed by atoms with Crippen molar-refractivity contribution >= 4 is 10.9 Å². The molecule has 26 heavy (non-hydrogen) atoms. The van der Waals surface area contributed by atoms with E-state index in [-0.39, 0.29) is 0 Å². The Bertz CT molecular complexity index is 856. The number of para-hydroxylation sites is 1. The summed E-state index contributed by atoms with van der Waals surface area (Å²) < 4.78 is 5.09. The summed E-state index contributed by atoms with van der Waals surface area (Å²) in [6, 6.07) is 6.99. The number of nitrogens with zero attached hydrogens (tertiary/aromatic N) is 5. The molecule has 1 atom stereocenters. The van der Waals surface area contributed by atoms with Crippen molar-refractivity contribution in [2.75, 3.05) is 20.1 Å². The molecule has 0 amide bonds. The van der Waals surface area contributed by atoms with Crippen LogP contribution in [0, 0.1) is 6.92 Å². The van der Waals surface area contributed by atoms with Crippen LogP contribution >= 0.6 is 0 Å². The molecule has 0 unspecified atom stereocenters. The van der Waals surface area contributed by atoms with Crippen molar-refractivity contribution in [2.24, 2.45) is 0 Å². The smallest absolute Gasteiger partial charge is 0.223 e. The molecule has 0 radical (unpaired) electrons. The number of rotatable bonds is 5. The number of benzene rings is 1. The van der Waals surface area contributed by atoms with Crippen LogP contribution in [0.25, 0.3) is 10.9 Å². The number of likely N-dealkylation sites (tertiary alicyclic amines) is 1. The van der Waals surface area contributed by atoms with Gasteiger partial charge >= 0.3 is 0 Å². The number of fused-ring (bicyclic) bond motifs is 1. The molecule has 1 aliphatic heterocycles. The molecule has 0 bridgehead atoms. The van der Waals surface area contributed by atoms with Gasteiger partial charge in [0.25, 0.3) is 0 Å². The van der Waals surface area contributed by atoms with E-state index >= 15 is 0 Å². The number of hydrogen-bond donors (Lipinski definition) is 1. The molecule has 138 valence electrons. The van der Waals surface area contributed by atoms with Crippen LogP contribution < -0.4 is 0 Å². The normalized spacial score (nSPS) is 19.3. The molecule has 0 spiro atoms. The highest BCUT2D eigenvalue weighted by Gasteiger charge is 2.22. The minimum atomic E-state index is 0.557. The second-order valence-electron chi connectivity index (χ2n) is 7.26. The standard InChI is InChI=1S/C19H26N6O/c1-14-21-18(23-26-14)13-24(2)17-7-4-9-25(10-8-17)12-16-6-3-5-15-11-20-22-19(15)16/h3,5-6,11,17H,4,7-10,12-13H2,1-2H3,(H,20,22)/t17-/m1/s1. The van der Waals surface area contributed by atoms with Crippen LogP contribution in [0.2, 0.25) is 0 Å². The first-order valence-electron chi connectivity index (χ1n) is 9.32. The van der Waals surface area contributed by atoms with E-state index < -0.39 is 0 Å². The lowest BCUT2D eigenvalue weighted by atomic mass is 10.1. The van der Waals surface area contributed by atoms with Gasteiger partial charge in [0.05, 0.1) is 18.3 Å². The summed E-state index contributed by atoms with van der Waals surface area (Å²) in [5.74, 6) is 1.41. The monoisotopic (exact) mass is 354 g/mol. The Morgan fingerprint density at radius 3 is 3.08 bits per heavy atom. The van der Waals surface area contributed by atoms with E-state index in [1.165, 1.54) is 23.8 Å². The molecular formula is C19H26N6O. The SMILES string of the molecule is Cc1nc(CN(C)[C@@H]2CCCN(Cc3cccc4cn[nH]c34)CC2)no1. The Kier molecular flexibility index (Phi) is 4.99. The zero-order valence-corrected chi connectivity index (χ0v) is 15.5. The van der Waals surface area contributed by atoms with Gasteiger partial charge in [0, 0.05) is 24.9 Å². The molecule has 3 aromatic rings. The largest absolute Gasteiger partial charge is 0.340 e. The Hall–Kier alpha value is -2.25. The van der Waals surface area contributed by atoms with E-state index in [1.54, 1.807) is 0 Å². The fourth-order valence-electron chi connectivity index (χ4n) is 3.90. The van der Waals surface area contributed by atoms with E-state index in [9.17, 15) is 0 Å². The Balaban J connectivity index is 1.36. The third-order valence-electron chi connectivity index (χ3n) is 5.33. The third kappa shape index (κ3) is 3.78. The first kappa shape index (κ1) is 17.2. The maximum atomic E-state index is 5.09. The summed E-state index contributed by atoms with van der Waals surface area (Å²) in [4.78, 5) is 9.25. The first-order valence-corrected chi connectivity index (χ1v) is 9.32. The molecule has 1 fully saturated rings. The van der Waals surface area contributed by atoms with E-state index in [0.29, 0.717) is 11.9 Å². The molecule has 0 aliphatic carbocycles. The van der Waals surface area contributed by atoms with Gasteiger partial charge in [0.2, 0.25) is 5.89 Å². The number of nitrogens with one attached hydrogen (secondary N) is 1. The van der Waals surface area contributed by atoms with Crippen LogP contribution in [0.5, 0.6) is 0 Å².